The maximum atomic E-state index is 13.8. The molecular formula is C33H37ClN6O4S. The van der Waals surface area contributed by atoms with Crippen molar-refractivity contribution >= 4 is 55.9 Å². The summed E-state index contributed by atoms with van der Waals surface area (Å²) >= 11 is 6.44. The van der Waals surface area contributed by atoms with Crippen LogP contribution in [0.2, 0.25) is 5.02 Å². The normalized spacial score (nSPS) is 17.6. The maximum absolute atomic E-state index is 13.8. The Morgan fingerprint density at radius 1 is 0.911 bits per heavy atom. The SMILES string of the molecule is COc1ccc(Cl)c(Nc2nc3ccccc3nc2NS(=O)(=O)c2cccc(C(=O)N3CCCCC3CN3CCCCC3)c2)c1. The zero-order valence-electron chi connectivity index (χ0n) is 25.2. The van der Waals surface area contributed by atoms with Gasteiger partial charge in [-0.05, 0) is 87.7 Å². The van der Waals surface area contributed by atoms with E-state index in [0.29, 0.717) is 39.6 Å². The minimum atomic E-state index is -4.17. The Labute approximate surface area is 268 Å². The lowest BCUT2D eigenvalue weighted by molar-refractivity contribution is 0.0528. The second-order valence-electron chi connectivity index (χ2n) is 11.5. The number of likely N-dealkylation sites (tertiary alicyclic amines) is 2. The van der Waals surface area contributed by atoms with Gasteiger partial charge >= 0.3 is 0 Å². The molecule has 1 atom stereocenters. The third kappa shape index (κ3) is 7.16. The number of nitrogens with one attached hydrogen (secondary N) is 2. The highest BCUT2D eigenvalue weighted by molar-refractivity contribution is 7.92. The number of halogens is 1. The number of amides is 1. The van der Waals surface area contributed by atoms with E-state index in [4.69, 9.17) is 16.3 Å². The molecule has 10 nitrogen and oxygen atoms in total. The first-order chi connectivity index (χ1) is 21.8. The Morgan fingerprint density at radius 3 is 2.40 bits per heavy atom. The molecule has 3 aromatic carbocycles. The molecule has 0 spiro atoms. The van der Waals surface area contributed by atoms with Crippen molar-refractivity contribution in [3.8, 4) is 5.75 Å². The third-order valence-electron chi connectivity index (χ3n) is 8.43. The van der Waals surface area contributed by atoms with Crippen molar-refractivity contribution in [2.24, 2.45) is 0 Å². The Kier molecular flexibility index (Phi) is 9.39. The Balaban J connectivity index is 1.28. The van der Waals surface area contributed by atoms with Gasteiger partial charge in [-0.25, -0.2) is 18.4 Å². The van der Waals surface area contributed by atoms with Crippen molar-refractivity contribution in [1.82, 2.24) is 19.8 Å². The molecule has 2 aliphatic heterocycles. The highest BCUT2D eigenvalue weighted by atomic mass is 35.5. The van der Waals surface area contributed by atoms with Gasteiger partial charge < -0.3 is 19.9 Å². The van der Waals surface area contributed by atoms with E-state index in [0.717, 1.165) is 38.9 Å². The minimum absolute atomic E-state index is 0.0121. The Bertz CT molecular complexity index is 1800. The van der Waals surface area contributed by atoms with Gasteiger partial charge in [-0.1, -0.05) is 36.2 Å². The molecule has 6 rings (SSSR count). The van der Waals surface area contributed by atoms with Crippen LogP contribution in [0.3, 0.4) is 0 Å². The van der Waals surface area contributed by atoms with Crippen LogP contribution in [0, 0.1) is 0 Å². The highest BCUT2D eigenvalue weighted by Crippen LogP contribution is 2.33. The van der Waals surface area contributed by atoms with Crippen LogP contribution in [0.5, 0.6) is 5.75 Å². The fourth-order valence-corrected chi connectivity index (χ4v) is 7.28. The van der Waals surface area contributed by atoms with Crippen molar-refractivity contribution in [1.29, 1.82) is 0 Å². The fourth-order valence-electron chi connectivity index (χ4n) is 6.06. The summed E-state index contributed by atoms with van der Waals surface area (Å²) in [7, 11) is -2.63. The van der Waals surface area contributed by atoms with E-state index in [-0.39, 0.29) is 28.5 Å². The van der Waals surface area contributed by atoms with E-state index in [1.165, 1.54) is 31.4 Å². The lowest BCUT2D eigenvalue weighted by Crippen LogP contribution is -2.50. The summed E-state index contributed by atoms with van der Waals surface area (Å²) < 4.78 is 35.5. The molecule has 2 saturated heterocycles. The van der Waals surface area contributed by atoms with Crippen LogP contribution in [-0.2, 0) is 10.0 Å². The molecule has 1 aromatic heterocycles. The van der Waals surface area contributed by atoms with E-state index >= 15 is 0 Å². The fraction of sp³-hybridized carbons (Fsp3) is 0.364. The molecule has 3 heterocycles. The molecule has 0 bridgehead atoms. The van der Waals surface area contributed by atoms with Crippen molar-refractivity contribution in [3.63, 3.8) is 0 Å². The van der Waals surface area contributed by atoms with Crippen LogP contribution < -0.4 is 14.8 Å². The predicted octanol–water partition coefficient (Wildman–Crippen LogP) is 6.32. The maximum Gasteiger partial charge on any atom is 0.263 e. The second kappa shape index (κ2) is 13.6. The number of hydrogen-bond acceptors (Lipinski definition) is 8. The molecule has 1 unspecified atom stereocenters. The predicted molar refractivity (Wildman–Crippen MR) is 177 cm³/mol. The van der Waals surface area contributed by atoms with Crippen LogP contribution in [0.4, 0.5) is 17.3 Å². The van der Waals surface area contributed by atoms with Crippen LogP contribution in [0.25, 0.3) is 11.0 Å². The lowest BCUT2D eigenvalue weighted by Gasteiger charge is -2.39. The molecule has 236 valence electrons. The Hall–Kier alpha value is -3.93. The number of rotatable bonds is 9. The van der Waals surface area contributed by atoms with Gasteiger partial charge in [0.15, 0.2) is 11.6 Å². The monoisotopic (exact) mass is 648 g/mol. The molecule has 0 aliphatic carbocycles. The number of carbonyl (C=O) groups is 1. The average molecular weight is 649 g/mol. The van der Waals surface area contributed by atoms with Crippen molar-refractivity contribution in [3.05, 3.63) is 77.3 Å². The molecule has 4 aromatic rings. The molecule has 0 saturated carbocycles. The van der Waals surface area contributed by atoms with Gasteiger partial charge in [0.05, 0.1) is 33.7 Å². The number of anilines is 3. The summed E-state index contributed by atoms with van der Waals surface area (Å²) in [4.78, 5) is 27.4. The number of hydrogen-bond donors (Lipinski definition) is 2. The van der Waals surface area contributed by atoms with Gasteiger partial charge in [-0.3, -0.25) is 9.52 Å². The number of carbonyl (C=O) groups excluding carboxylic acids is 1. The van der Waals surface area contributed by atoms with Gasteiger partial charge in [-0.15, -0.1) is 0 Å². The number of benzene rings is 3. The molecule has 2 N–H and O–H groups in total. The number of fused-ring (bicyclic) bond motifs is 1. The van der Waals surface area contributed by atoms with Gasteiger partial charge in [0, 0.05) is 30.8 Å². The van der Waals surface area contributed by atoms with E-state index in [9.17, 15) is 13.2 Å². The van der Waals surface area contributed by atoms with Crippen molar-refractivity contribution in [2.75, 3.05) is 43.3 Å². The summed E-state index contributed by atoms with van der Waals surface area (Å²) in [5.74, 6) is 0.566. The average Bonchev–Trinajstić information content (AvgIpc) is 3.06. The summed E-state index contributed by atoms with van der Waals surface area (Å²) in [6.07, 6.45) is 6.63. The molecule has 45 heavy (non-hydrogen) atoms. The largest absolute Gasteiger partial charge is 0.497 e. The number of nitrogens with zero attached hydrogens (tertiary/aromatic N) is 4. The molecule has 2 aliphatic rings. The molecule has 0 radical (unpaired) electrons. The molecule has 12 heteroatoms. The molecule has 2 fully saturated rings. The summed E-state index contributed by atoms with van der Waals surface area (Å²) in [6.45, 7) is 3.66. The quantitative estimate of drug-likeness (QED) is 0.217. The van der Waals surface area contributed by atoms with E-state index in [1.807, 2.05) is 11.0 Å². The van der Waals surface area contributed by atoms with Gasteiger partial charge in [-0.2, -0.15) is 0 Å². The molecular weight excluding hydrogens is 612 g/mol. The number of sulfonamides is 1. The molecule has 1 amide bonds. The van der Waals surface area contributed by atoms with Crippen LogP contribution in [0.15, 0.2) is 71.6 Å². The standard InChI is InChI=1S/C33H37ClN6O4S/c1-44-25-15-16-27(34)30(21-25)37-31-32(36-29-14-4-3-13-28(29)35-31)38-45(42,43)26-12-9-10-23(20-26)33(41)40-19-8-5-11-24(40)22-39-17-6-2-7-18-39/h3-4,9-10,12-16,20-21,24H,2,5-8,11,17-19,22H2,1H3,(H,35,37)(H,36,38). The Morgan fingerprint density at radius 2 is 1.64 bits per heavy atom. The second-order valence-corrected chi connectivity index (χ2v) is 13.6. The van der Waals surface area contributed by atoms with Crippen LogP contribution in [-0.4, -0.2) is 73.4 Å². The topological polar surface area (TPSA) is 117 Å². The number of aromatic nitrogens is 2. The number of ether oxygens (including phenoxy) is 1. The van der Waals surface area contributed by atoms with Crippen molar-refractivity contribution in [2.45, 2.75) is 49.5 Å². The minimum Gasteiger partial charge on any atom is -0.497 e. The van der Waals surface area contributed by atoms with Gasteiger partial charge in [0.1, 0.15) is 5.75 Å². The van der Waals surface area contributed by atoms with Crippen LogP contribution in [0.1, 0.15) is 48.9 Å². The zero-order chi connectivity index (χ0) is 31.4. The van der Waals surface area contributed by atoms with E-state index in [2.05, 4.69) is 24.9 Å². The van der Waals surface area contributed by atoms with Gasteiger partial charge in [0.2, 0.25) is 0 Å². The van der Waals surface area contributed by atoms with E-state index in [1.54, 1.807) is 55.6 Å². The number of piperidine rings is 2. The first-order valence-corrected chi connectivity index (χ1v) is 17.2. The van der Waals surface area contributed by atoms with Gasteiger partial charge in [0.25, 0.3) is 15.9 Å². The summed E-state index contributed by atoms with van der Waals surface area (Å²) in [6, 6.07) is 18.6. The summed E-state index contributed by atoms with van der Waals surface area (Å²) in [5, 5.41) is 3.51. The lowest BCUT2D eigenvalue weighted by atomic mass is 9.99. The van der Waals surface area contributed by atoms with E-state index < -0.39 is 10.0 Å². The van der Waals surface area contributed by atoms with Crippen LogP contribution >= 0.6 is 11.6 Å². The smallest absolute Gasteiger partial charge is 0.263 e. The highest BCUT2D eigenvalue weighted by Gasteiger charge is 2.30. The summed E-state index contributed by atoms with van der Waals surface area (Å²) in [5.41, 5.74) is 1.88. The zero-order valence-corrected chi connectivity index (χ0v) is 26.8. The first kappa shape index (κ1) is 31.1. The first-order valence-electron chi connectivity index (χ1n) is 15.3. The number of methoxy groups -OCH3 is 1. The van der Waals surface area contributed by atoms with Crippen molar-refractivity contribution < 1.29 is 17.9 Å². The number of para-hydroxylation sites is 2. The third-order valence-corrected chi connectivity index (χ3v) is 10.1.